The maximum atomic E-state index is 14.2. The summed E-state index contributed by atoms with van der Waals surface area (Å²) in [4.78, 5) is 57.8. The van der Waals surface area contributed by atoms with Gasteiger partial charge in [-0.25, -0.2) is 9.59 Å². The summed E-state index contributed by atoms with van der Waals surface area (Å²) in [6.07, 6.45) is 3.22. The molecule has 62 heavy (non-hydrogen) atoms. The SMILES string of the molecule is C=CCN1CC[C@]23c4c5ccc(C(OC(=O)O)(c6ccc7c8c6O[C@H]6C(=O)CC[C@@]9(O)[C@@H](C7)N(CC=C)CC[C@]869)C6CCC(COC(=O)O)CC6)c4O[C@H]2C(=O)CC[C@@]3(O)[C@H]1C5. The minimum Gasteiger partial charge on any atom is -0.481 e. The molecule has 11 rings (SSSR count). The lowest BCUT2D eigenvalue weighted by molar-refractivity contribution is -0.187. The monoisotopic (exact) mass is 850 g/mol. The van der Waals surface area contributed by atoms with Crippen LogP contribution >= 0.6 is 0 Å². The van der Waals surface area contributed by atoms with Crippen molar-refractivity contribution in [3.05, 3.63) is 83.0 Å². The Labute approximate surface area is 359 Å². The second-order valence-corrected chi connectivity index (χ2v) is 19.6. The van der Waals surface area contributed by atoms with Crippen molar-refractivity contribution in [1.29, 1.82) is 0 Å². The predicted molar refractivity (Wildman–Crippen MR) is 221 cm³/mol. The molecule has 9 aliphatic rings. The molecule has 2 spiro atoms. The van der Waals surface area contributed by atoms with Gasteiger partial charge in [0.1, 0.15) is 11.5 Å². The molecule has 4 aliphatic heterocycles. The van der Waals surface area contributed by atoms with Crippen molar-refractivity contribution in [2.45, 2.75) is 129 Å². The van der Waals surface area contributed by atoms with Crippen LogP contribution in [0, 0.1) is 11.8 Å². The number of ketones is 2. The summed E-state index contributed by atoms with van der Waals surface area (Å²) in [5.74, 6) is -0.210. The Morgan fingerprint density at radius 1 is 0.742 bits per heavy atom. The Morgan fingerprint density at radius 2 is 1.23 bits per heavy atom. The first-order valence-corrected chi connectivity index (χ1v) is 22.4. The number of benzene rings is 2. The summed E-state index contributed by atoms with van der Waals surface area (Å²) >= 11 is 0. The van der Waals surface area contributed by atoms with E-state index >= 15 is 0 Å². The molecule has 0 amide bonds. The molecule has 14 nitrogen and oxygen atoms in total. The number of rotatable bonds is 10. The molecule has 328 valence electrons. The van der Waals surface area contributed by atoms with E-state index in [1.807, 2.05) is 36.4 Å². The summed E-state index contributed by atoms with van der Waals surface area (Å²) in [5, 5.41) is 46.5. The first kappa shape index (κ1) is 40.0. The lowest BCUT2D eigenvalue weighted by atomic mass is 9.48. The van der Waals surface area contributed by atoms with Gasteiger partial charge in [0.25, 0.3) is 0 Å². The van der Waals surface area contributed by atoms with Gasteiger partial charge in [-0.15, -0.1) is 13.2 Å². The van der Waals surface area contributed by atoms with Gasteiger partial charge in [-0.3, -0.25) is 19.4 Å². The topological polar surface area (TPSA) is 193 Å². The van der Waals surface area contributed by atoms with Crippen molar-refractivity contribution in [3.8, 4) is 11.5 Å². The Balaban J connectivity index is 1.15. The van der Waals surface area contributed by atoms with E-state index < -0.39 is 58.1 Å². The number of hydrogen-bond acceptors (Lipinski definition) is 12. The van der Waals surface area contributed by atoms with Crippen molar-refractivity contribution < 1.29 is 58.6 Å². The molecule has 4 N–H and O–H groups in total. The van der Waals surface area contributed by atoms with E-state index in [1.54, 1.807) is 0 Å². The number of Topliss-reactive ketones (excluding diaryl/α,β-unsaturated/α-hetero) is 2. The van der Waals surface area contributed by atoms with Crippen LogP contribution in [0.2, 0.25) is 0 Å². The number of likely N-dealkylation sites (tertiary alicyclic amines) is 2. The molecule has 8 atom stereocenters. The maximum absolute atomic E-state index is 14.2. The molecule has 5 fully saturated rings. The van der Waals surface area contributed by atoms with Gasteiger partial charge >= 0.3 is 12.3 Å². The fraction of sp³-hybridized carbons (Fsp3) is 0.583. The fourth-order valence-electron chi connectivity index (χ4n) is 15.0. The Kier molecular flexibility index (Phi) is 8.80. The number of carbonyl (C=O) groups excluding carboxylic acids is 2. The lowest BCUT2D eigenvalue weighted by Gasteiger charge is -2.62. The van der Waals surface area contributed by atoms with Gasteiger partial charge in [-0.2, -0.15) is 0 Å². The number of carboxylic acid groups (broad SMARTS) is 2. The average molecular weight is 851 g/mol. The highest BCUT2D eigenvalue weighted by Gasteiger charge is 2.75. The van der Waals surface area contributed by atoms with Crippen LogP contribution in [-0.4, -0.2) is 122 Å². The van der Waals surface area contributed by atoms with Crippen LogP contribution in [-0.2, 0) is 48.3 Å². The van der Waals surface area contributed by atoms with Crippen LogP contribution in [0.4, 0.5) is 9.59 Å². The van der Waals surface area contributed by atoms with E-state index in [-0.39, 0.29) is 61.9 Å². The van der Waals surface area contributed by atoms with E-state index in [2.05, 4.69) is 23.0 Å². The molecule has 0 unspecified atom stereocenters. The molecule has 2 aromatic rings. The van der Waals surface area contributed by atoms with Crippen LogP contribution in [0.15, 0.2) is 49.6 Å². The van der Waals surface area contributed by atoms with Crippen molar-refractivity contribution in [2.24, 2.45) is 11.8 Å². The van der Waals surface area contributed by atoms with E-state index in [9.17, 15) is 39.6 Å². The van der Waals surface area contributed by atoms with E-state index in [0.717, 1.165) is 22.3 Å². The molecular weight excluding hydrogens is 797 g/mol. The molecule has 3 saturated carbocycles. The van der Waals surface area contributed by atoms with Gasteiger partial charge in [0.05, 0.1) is 28.6 Å². The summed E-state index contributed by atoms with van der Waals surface area (Å²) in [6.45, 7) is 10.3. The lowest BCUT2D eigenvalue weighted by Crippen LogP contribution is -2.76. The minimum absolute atomic E-state index is 0.000875. The highest BCUT2D eigenvalue weighted by Crippen LogP contribution is 2.69. The minimum atomic E-state index is -1.84. The molecule has 2 aromatic carbocycles. The largest absolute Gasteiger partial charge is 0.507 e. The first-order chi connectivity index (χ1) is 29.8. The number of nitrogens with zero attached hydrogens (tertiary/aromatic N) is 2. The summed E-state index contributed by atoms with van der Waals surface area (Å²) in [5.41, 5.74) is -2.53. The number of piperidine rings is 2. The van der Waals surface area contributed by atoms with Crippen LogP contribution in [0.3, 0.4) is 0 Å². The zero-order valence-electron chi connectivity index (χ0n) is 34.8. The van der Waals surface area contributed by atoms with Gasteiger partial charge < -0.3 is 39.4 Å². The van der Waals surface area contributed by atoms with Crippen LogP contribution in [0.25, 0.3) is 0 Å². The molecule has 0 aromatic heterocycles. The number of aliphatic hydroxyl groups is 2. The van der Waals surface area contributed by atoms with Crippen molar-refractivity contribution in [2.75, 3.05) is 32.8 Å². The summed E-state index contributed by atoms with van der Waals surface area (Å²) in [6, 6.07) is 7.11. The third-order valence-electron chi connectivity index (χ3n) is 17.4. The molecule has 14 heteroatoms. The van der Waals surface area contributed by atoms with Gasteiger partial charge in [0, 0.05) is 79.3 Å². The molecule has 5 aliphatic carbocycles. The zero-order valence-corrected chi connectivity index (χ0v) is 34.8. The average Bonchev–Trinajstić information content (AvgIpc) is 3.79. The highest BCUT2D eigenvalue weighted by molar-refractivity contribution is 5.91. The number of ether oxygens (including phenoxy) is 4. The molecule has 4 bridgehead atoms. The maximum Gasteiger partial charge on any atom is 0.507 e. The van der Waals surface area contributed by atoms with E-state index in [0.29, 0.717) is 100 Å². The smallest absolute Gasteiger partial charge is 0.481 e. The molecule has 0 radical (unpaired) electrons. The van der Waals surface area contributed by atoms with Crippen LogP contribution in [0.1, 0.15) is 97.6 Å². The molecular formula is C48H54N2O12. The Hall–Kier alpha value is -4.76. The quantitative estimate of drug-likeness (QED) is 0.186. The zero-order chi connectivity index (χ0) is 43.1. The Morgan fingerprint density at radius 3 is 1.66 bits per heavy atom. The molecule has 4 heterocycles. The number of carbonyl (C=O) groups is 4. The van der Waals surface area contributed by atoms with Gasteiger partial charge in [0.2, 0.25) is 0 Å². The van der Waals surface area contributed by atoms with Crippen molar-refractivity contribution in [1.82, 2.24) is 9.80 Å². The summed E-state index contributed by atoms with van der Waals surface area (Å²) < 4.78 is 25.5. The third-order valence-corrected chi connectivity index (χ3v) is 17.4. The highest BCUT2D eigenvalue weighted by atomic mass is 16.7. The van der Waals surface area contributed by atoms with Gasteiger partial charge in [-0.05, 0) is 81.3 Å². The predicted octanol–water partition coefficient (Wildman–Crippen LogP) is 4.94. The van der Waals surface area contributed by atoms with E-state index in [1.165, 1.54) is 0 Å². The normalized spacial score (nSPS) is 37.3. The standard InChI is InChI=1S/C48H54N2O12/c1-3-19-49-21-17-44-36-27-7-11-30(38(36)60-40(44)32(51)13-15-46(44,57)34(49)23-27)48(62-43(55)56,29-9-5-26(6-10-29)25-59-42(53)54)31-12-8-28-24-35-47(58)16-14-33(52)41-45(47,37(28)39(31)61-41)18-22-50(35)20-4-2/h3-4,7-8,11-12,26,29,34-35,40-41,57-58H,1-2,5-6,9-10,13-25H2,(H,53,54)(H,55,56)/t26?,29?,34-,35-,40+,41+,44+,45+,46-,47-/m1/s1. The second-order valence-electron chi connectivity index (χ2n) is 19.6. The molecule has 2 saturated heterocycles. The summed E-state index contributed by atoms with van der Waals surface area (Å²) in [7, 11) is 0. The van der Waals surface area contributed by atoms with Crippen molar-refractivity contribution >= 4 is 23.9 Å². The van der Waals surface area contributed by atoms with Gasteiger partial charge in [0.15, 0.2) is 29.4 Å². The van der Waals surface area contributed by atoms with Crippen LogP contribution in [0.5, 0.6) is 11.5 Å². The Bertz CT molecular complexity index is 2210. The first-order valence-electron chi connectivity index (χ1n) is 22.4. The fourth-order valence-corrected chi connectivity index (χ4v) is 15.0. The number of hydrogen-bond donors (Lipinski definition) is 4. The van der Waals surface area contributed by atoms with E-state index in [4.69, 9.17) is 18.9 Å². The van der Waals surface area contributed by atoms with Crippen LogP contribution < -0.4 is 9.47 Å². The van der Waals surface area contributed by atoms with Gasteiger partial charge in [-0.1, -0.05) is 36.4 Å². The van der Waals surface area contributed by atoms with Crippen molar-refractivity contribution in [3.63, 3.8) is 0 Å². The third kappa shape index (κ3) is 4.84. The second kappa shape index (κ2) is 13.6.